The molecular formula is C13H8BrFN2O2S. The SMILES string of the molecule is Cc1c(Br)sc2[nH]c(=O)n(-c3ccc(F)cc3)c(=O)c12. The molecule has 3 rings (SSSR count). The molecule has 0 fully saturated rings. The Labute approximate surface area is 124 Å². The van der Waals surface area contributed by atoms with Crippen LogP contribution in [-0.2, 0) is 0 Å². The van der Waals surface area contributed by atoms with Crippen molar-refractivity contribution in [2.24, 2.45) is 0 Å². The maximum Gasteiger partial charge on any atom is 0.334 e. The van der Waals surface area contributed by atoms with Gasteiger partial charge in [-0.25, -0.2) is 13.8 Å². The molecule has 0 aliphatic heterocycles. The molecular weight excluding hydrogens is 347 g/mol. The number of benzene rings is 1. The largest absolute Gasteiger partial charge is 0.334 e. The third-order valence-electron chi connectivity index (χ3n) is 3.01. The number of fused-ring (bicyclic) bond motifs is 1. The molecule has 0 atom stereocenters. The summed E-state index contributed by atoms with van der Waals surface area (Å²) in [5, 5.41) is 0.464. The lowest BCUT2D eigenvalue weighted by atomic mass is 10.2. The summed E-state index contributed by atoms with van der Waals surface area (Å²) in [5.41, 5.74) is 0.168. The highest BCUT2D eigenvalue weighted by atomic mass is 79.9. The van der Waals surface area contributed by atoms with Crippen LogP contribution in [0.25, 0.3) is 15.9 Å². The van der Waals surface area contributed by atoms with Crippen LogP contribution in [0, 0.1) is 12.7 Å². The van der Waals surface area contributed by atoms with Crippen molar-refractivity contribution in [2.45, 2.75) is 6.92 Å². The predicted molar refractivity (Wildman–Crippen MR) is 80.4 cm³/mol. The molecule has 0 aliphatic rings. The molecule has 0 bridgehead atoms. The number of nitrogens with zero attached hydrogens (tertiary/aromatic N) is 1. The fraction of sp³-hybridized carbons (Fsp3) is 0.0769. The zero-order chi connectivity index (χ0) is 14.4. The molecule has 2 heterocycles. The predicted octanol–water partition coefficient (Wildman–Crippen LogP) is 2.95. The van der Waals surface area contributed by atoms with Gasteiger partial charge in [0.1, 0.15) is 10.6 Å². The van der Waals surface area contributed by atoms with Crippen molar-refractivity contribution in [3.8, 4) is 5.69 Å². The van der Waals surface area contributed by atoms with Gasteiger partial charge in [0.15, 0.2) is 0 Å². The Balaban J connectivity index is 2.42. The second kappa shape index (κ2) is 4.68. The Bertz CT molecular complexity index is 924. The average Bonchev–Trinajstić information content (AvgIpc) is 2.67. The summed E-state index contributed by atoms with van der Waals surface area (Å²) >= 11 is 4.66. The van der Waals surface area contributed by atoms with Gasteiger partial charge in [0.25, 0.3) is 5.56 Å². The van der Waals surface area contributed by atoms with Crippen LogP contribution in [0.3, 0.4) is 0 Å². The summed E-state index contributed by atoms with van der Waals surface area (Å²) < 4.78 is 14.8. The molecule has 0 unspecified atom stereocenters. The van der Waals surface area contributed by atoms with Crippen LogP contribution in [0.5, 0.6) is 0 Å². The third kappa shape index (κ3) is 1.94. The Morgan fingerprint density at radius 2 is 1.90 bits per heavy atom. The van der Waals surface area contributed by atoms with E-state index in [0.29, 0.717) is 15.9 Å². The average molecular weight is 355 g/mol. The fourth-order valence-electron chi connectivity index (χ4n) is 2.01. The van der Waals surface area contributed by atoms with Gasteiger partial charge in [-0.15, -0.1) is 11.3 Å². The number of halogens is 2. The van der Waals surface area contributed by atoms with Gasteiger partial charge in [0, 0.05) is 0 Å². The minimum Gasteiger partial charge on any atom is -0.298 e. The summed E-state index contributed by atoms with van der Waals surface area (Å²) in [5.74, 6) is -0.422. The molecule has 20 heavy (non-hydrogen) atoms. The number of aromatic nitrogens is 2. The number of thiophene rings is 1. The van der Waals surface area contributed by atoms with E-state index in [1.165, 1.54) is 35.6 Å². The number of aryl methyl sites for hydroxylation is 1. The Hall–Kier alpha value is -1.73. The van der Waals surface area contributed by atoms with Crippen molar-refractivity contribution >= 4 is 37.5 Å². The van der Waals surface area contributed by atoms with Gasteiger partial charge >= 0.3 is 5.69 Å². The summed E-state index contributed by atoms with van der Waals surface area (Å²) in [7, 11) is 0. The second-order valence-corrected chi connectivity index (χ2v) is 6.59. The number of hydrogen-bond donors (Lipinski definition) is 1. The maximum absolute atomic E-state index is 12.9. The van der Waals surface area contributed by atoms with Crippen molar-refractivity contribution in [3.05, 3.63) is 60.3 Å². The maximum atomic E-state index is 12.9. The highest BCUT2D eigenvalue weighted by molar-refractivity contribution is 9.11. The molecule has 0 amide bonds. The monoisotopic (exact) mass is 354 g/mol. The number of hydrogen-bond acceptors (Lipinski definition) is 3. The van der Waals surface area contributed by atoms with E-state index in [9.17, 15) is 14.0 Å². The van der Waals surface area contributed by atoms with Crippen LogP contribution in [0.15, 0.2) is 37.6 Å². The van der Waals surface area contributed by atoms with Gasteiger partial charge in [0.05, 0.1) is 14.9 Å². The molecule has 3 aromatic rings. The van der Waals surface area contributed by atoms with Crippen molar-refractivity contribution in [1.29, 1.82) is 0 Å². The quantitative estimate of drug-likeness (QED) is 0.730. The van der Waals surface area contributed by atoms with Crippen LogP contribution in [0.4, 0.5) is 4.39 Å². The van der Waals surface area contributed by atoms with Crippen molar-refractivity contribution in [2.75, 3.05) is 0 Å². The van der Waals surface area contributed by atoms with E-state index in [0.717, 1.165) is 13.9 Å². The van der Waals surface area contributed by atoms with E-state index < -0.39 is 17.1 Å². The van der Waals surface area contributed by atoms with E-state index in [1.54, 1.807) is 6.92 Å². The molecule has 0 aliphatic carbocycles. The van der Waals surface area contributed by atoms with Gasteiger partial charge < -0.3 is 0 Å². The van der Waals surface area contributed by atoms with Crippen LogP contribution < -0.4 is 11.2 Å². The highest BCUT2D eigenvalue weighted by Crippen LogP contribution is 2.30. The van der Waals surface area contributed by atoms with Crippen molar-refractivity contribution in [1.82, 2.24) is 9.55 Å². The highest BCUT2D eigenvalue weighted by Gasteiger charge is 2.15. The minimum absolute atomic E-state index is 0.335. The number of rotatable bonds is 1. The van der Waals surface area contributed by atoms with Gasteiger partial charge in [-0.3, -0.25) is 9.78 Å². The summed E-state index contributed by atoms with van der Waals surface area (Å²) in [6, 6.07) is 5.21. The summed E-state index contributed by atoms with van der Waals surface area (Å²) in [4.78, 5) is 27.8. The number of aromatic amines is 1. The molecule has 0 saturated carbocycles. The Morgan fingerprint density at radius 3 is 2.55 bits per heavy atom. The topological polar surface area (TPSA) is 54.9 Å². The number of H-pyrrole nitrogens is 1. The fourth-order valence-corrected chi connectivity index (χ4v) is 3.61. The van der Waals surface area contributed by atoms with E-state index in [2.05, 4.69) is 20.9 Å². The lowest BCUT2D eigenvalue weighted by Crippen LogP contribution is -2.33. The Morgan fingerprint density at radius 1 is 1.25 bits per heavy atom. The minimum atomic E-state index is -0.539. The van der Waals surface area contributed by atoms with E-state index in [-0.39, 0.29) is 0 Å². The molecule has 7 heteroatoms. The third-order valence-corrected chi connectivity index (χ3v) is 5.09. The van der Waals surface area contributed by atoms with Gasteiger partial charge in [-0.05, 0) is 52.7 Å². The zero-order valence-corrected chi connectivity index (χ0v) is 12.6. The lowest BCUT2D eigenvalue weighted by molar-refractivity contribution is 0.627. The normalized spacial score (nSPS) is 11.2. The first kappa shape index (κ1) is 13.3. The molecule has 2 aromatic heterocycles. The first-order chi connectivity index (χ1) is 9.49. The molecule has 1 N–H and O–H groups in total. The molecule has 1 aromatic carbocycles. The van der Waals surface area contributed by atoms with E-state index >= 15 is 0 Å². The lowest BCUT2D eigenvalue weighted by Gasteiger charge is -2.04. The number of nitrogens with one attached hydrogen (secondary N) is 1. The molecule has 0 radical (unpaired) electrons. The molecule has 102 valence electrons. The van der Waals surface area contributed by atoms with Crippen molar-refractivity contribution in [3.63, 3.8) is 0 Å². The van der Waals surface area contributed by atoms with Gasteiger partial charge in [-0.1, -0.05) is 0 Å². The first-order valence-corrected chi connectivity index (χ1v) is 7.30. The van der Waals surface area contributed by atoms with Crippen LogP contribution in [-0.4, -0.2) is 9.55 Å². The van der Waals surface area contributed by atoms with Crippen molar-refractivity contribution < 1.29 is 4.39 Å². The van der Waals surface area contributed by atoms with Crippen LogP contribution in [0.1, 0.15) is 5.56 Å². The summed E-state index contributed by atoms with van der Waals surface area (Å²) in [6.45, 7) is 1.80. The standard InChI is InChI=1S/C13H8BrFN2O2S/c1-6-9-11(20-10(6)14)16-13(19)17(12(9)18)8-4-2-7(15)3-5-8/h2-5H,1H3,(H,16,19). The van der Waals surface area contributed by atoms with E-state index in [4.69, 9.17) is 0 Å². The first-order valence-electron chi connectivity index (χ1n) is 5.69. The van der Waals surface area contributed by atoms with Gasteiger partial charge in [-0.2, -0.15) is 0 Å². The second-order valence-electron chi connectivity index (χ2n) is 4.25. The molecule has 0 saturated heterocycles. The van der Waals surface area contributed by atoms with Crippen LogP contribution in [0.2, 0.25) is 0 Å². The molecule has 0 spiro atoms. The summed E-state index contributed by atoms with van der Waals surface area (Å²) in [6.07, 6.45) is 0. The zero-order valence-electron chi connectivity index (χ0n) is 10.2. The van der Waals surface area contributed by atoms with Gasteiger partial charge in [0.2, 0.25) is 0 Å². The van der Waals surface area contributed by atoms with Crippen LogP contribution >= 0.6 is 27.3 Å². The van der Waals surface area contributed by atoms with E-state index in [1.807, 2.05) is 0 Å². The Kier molecular flexibility index (Phi) is 3.10. The smallest absolute Gasteiger partial charge is 0.298 e. The molecule has 4 nitrogen and oxygen atoms in total.